The van der Waals surface area contributed by atoms with Crippen LogP contribution >= 0.6 is 11.3 Å². The van der Waals surface area contributed by atoms with E-state index in [1.54, 1.807) is 0 Å². The molecule has 0 bridgehead atoms. The maximum absolute atomic E-state index is 2.40. The molecule has 0 atom stereocenters. The van der Waals surface area contributed by atoms with Crippen LogP contribution in [-0.4, -0.2) is 4.40 Å². The van der Waals surface area contributed by atoms with Gasteiger partial charge in [0.25, 0.3) is 0 Å². The molecule has 1 aromatic carbocycles. The summed E-state index contributed by atoms with van der Waals surface area (Å²) in [5.74, 6) is 0. The molecule has 0 aliphatic carbocycles. The fraction of sp³-hybridized carbons (Fsp3) is 0.231. The molecule has 0 radical (unpaired) electrons. The van der Waals surface area contributed by atoms with Crippen LogP contribution in [0.1, 0.15) is 18.2 Å². The van der Waals surface area contributed by atoms with Gasteiger partial charge in [-0.3, -0.25) is 0 Å². The van der Waals surface area contributed by atoms with Gasteiger partial charge in [-0.25, -0.2) is 0 Å². The number of thiazole rings is 1. The first kappa shape index (κ1) is 8.98. The third kappa shape index (κ3) is 1.08. The number of para-hydroxylation sites is 1. The molecule has 0 saturated heterocycles. The Hall–Kier alpha value is -1.28. The van der Waals surface area contributed by atoms with E-state index in [9.17, 15) is 0 Å². The van der Waals surface area contributed by atoms with Gasteiger partial charge in [-0.05, 0) is 25.0 Å². The maximum Gasteiger partial charge on any atom is 0.103 e. The Morgan fingerprint density at radius 1 is 1.27 bits per heavy atom. The number of rotatable bonds is 1. The summed E-state index contributed by atoms with van der Waals surface area (Å²) in [6, 6.07) is 8.65. The van der Waals surface area contributed by atoms with Crippen LogP contribution in [0, 0.1) is 6.92 Å². The third-order valence-corrected chi connectivity index (χ3v) is 4.13. The summed E-state index contributed by atoms with van der Waals surface area (Å²) in [6.45, 7) is 4.43. The van der Waals surface area contributed by atoms with E-state index in [4.69, 9.17) is 0 Å². The third-order valence-electron chi connectivity index (χ3n) is 3.03. The average molecular weight is 215 g/mol. The van der Waals surface area contributed by atoms with Crippen LogP contribution in [0.2, 0.25) is 0 Å². The van der Waals surface area contributed by atoms with E-state index in [2.05, 4.69) is 47.9 Å². The lowest BCUT2D eigenvalue weighted by Crippen LogP contribution is -1.87. The van der Waals surface area contributed by atoms with E-state index >= 15 is 0 Å². The number of hydrogen-bond acceptors (Lipinski definition) is 1. The van der Waals surface area contributed by atoms with Crippen molar-refractivity contribution in [2.24, 2.45) is 0 Å². The van der Waals surface area contributed by atoms with Gasteiger partial charge in [0, 0.05) is 16.5 Å². The predicted octanol–water partition coefficient (Wildman–Crippen LogP) is 4.02. The van der Waals surface area contributed by atoms with E-state index in [0.717, 1.165) is 6.42 Å². The normalized spacial score (nSPS) is 11.6. The van der Waals surface area contributed by atoms with Crippen molar-refractivity contribution in [2.45, 2.75) is 20.3 Å². The summed E-state index contributed by atoms with van der Waals surface area (Å²) in [7, 11) is 0. The summed E-state index contributed by atoms with van der Waals surface area (Å²) < 4.78 is 2.40. The molecule has 0 aliphatic rings. The average Bonchev–Trinajstić information content (AvgIpc) is 2.81. The molecule has 0 unspecified atom stereocenters. The van der Waals surface area contributed by atoms with Crippen molar-refractivity contribution in [1.29, 1.82) is 0 Å². The lowest BCUT2D eigenvalue weighted by Gasteiger charge is -1.96. The van der Waals surface area contributed by atoms with E-state index in [0.29, 0.717) is 0 Å². The first-order chi connectivity index (χ1) is 7.33. The van der Waals surface area contributed by atoms with Crippen molar-refractivity contribution in [1.82, 2.24) is 4.40 Å². The van der Waals surface area contributed by atoms with Gasteiger partial charge in [0.15, 0.2) is 0 Å². The molecule has 0 fully saturated rings. The highest BCUT2D eigenvalue weighted by Gasteiger charge is 2.11. The number of fused-ring (bicyclic) bond motifs is 3. The maximum atomic E-state index is 2.40. The largest absolute Gasteiger partial charge is 0.304 e. The quantitative estimate of drug-likeness (QED) is 0.577. The standard InChI is InChI=1S/C13H13NS/c1-3-10-8-15-13-9(2)11-6-4-5-7-12(11)14(10)13/h4-8H,3H2,1-2H3. The second kappa shape index (κ2) is 3.11. The van der Waals surface area contributed by atoms with Gasteiger partial charge in [0.1, 0.15) is 4.83 Å². The molecule has 15 heavy (non-hydrogen) atoms. The van der Waals surface area contributed by atoms with E-state index in [1.807, 2.05) is 11.3 Å². The number of hydrogen-bond donors (Lipinski definition) is 0. The van der Waals surface area contributed by atoms with Crippen molar-refractivity contribution in [3.63, 3.8) is 0 Å². The van der Waals surface area contributed by atoms with Crippen LogP contribution in [0.15, 0.2) is 29.6 Å². The van der Waals surface area contributed by atoms with Crippen molar-refractivity contribution in [3.05, 3.63) is 40.9 Å². The summed E-state index contributed by atoms with van der Waals surface area (Å²) in [6.07, 6.45) is 1.10. The van der Waals surface area contributed by atoms with E-state index in [-0.39, 0.29) is 0 Å². The van der Waals surface area contributed by atoms with E-state index in [1.165, 1.54) is 27.0 Å². The predicted molar refractivity (Wildman–Crippen MR) is 66.9 cm³/mol. The lowest BCUT2D eigenvalue weighted by molar-refractivity contribution is 1.03. The van der Waals surface area contributed by atoms with Crippen molar-refractivity contribution < 1.29 is 0 Å². The van der Waals surface area contributed by atoms with Gasteiger partial charge >= 0.3 is 0 Å². The minimum absolute atomic E-state index is 1.10. The molecule has 0 amide bonds. The highest BCUT2D eigenvalue weighted by atomic mass is 32.1. The van der Waals surface area contributed by atoms with Crippen molar-refractivity contribution in [3.8, 4) is 0 Å². The van der Waals surface area contributed by atoms with Crippen molar-refractivity contribution in [2.75, 3.05) is 0 Å². The molecule has 0 N–H and O–H groups in total. The molecule has 3 rings (SSSR count). The molecule has 3 aromatic rings. The van der Waals surface area contributed by atoms with Gasteiger partial charge in [-0.1, -0.05) is 25.1 Å². The highest BCUT2D eigenvalue weighted by Crippen LogP contribution is 2.31. The van der Waals surface area contributed by atoms with Crippen LogP contribution in [0.5, 0.6) is 0 Å². The molecule has 0 saturated carbocycles. The second-order valence-electron chi connectivity index (χ2n) is 3.86. The zero-order valence-electron chi connectivity index (χ0n) is 8.95. The topological polar surface area (TPSA) is 4.41 Å². The van der Waals surface area contributed by atoms with E-state index < -0.39 is 0 Å². The van der Waals surface area contributed by atoms with Gasteiger partial charge in [-0.2, -0.15) is 0 Å². The minimum atomic E-state index is 1.10. The fourth-order valence-electron chi connectivity index (χ4n) is 2.22. The van der Waals surface area contributed by atoms with Crippen LogP contribution in [0.3, 0.4) is 0 Å². The van der Waals surface area contributed by atoms with Crippen LogP contribution in [-0.2, 0) is 6.42 Å². The monoisotopic (exact) mass is 215 g/mol. The molecule has 0 aliphatic heterocycles. The molecular weight excluding hydrogens is 202 g/mol. The first-order valence-electron chi connectivity index (χ1n) is 5.29. The number of nitrogens with zero attached hydrogens (tertiary/aromatic N) is 1. The fourth-order valence-corrected chi connectivity index (χ4v) is 3.35. The second-order valence-corrected chi connectivity index (χ2v) is 4.72. The molecule has 0 spiro atoms. The van der Waals surface area contributed by atoms with Crippen LogP contribution in [0.25, 0.3) is 15.7 Å². The molecule has 2 heteroatoms. The zero-order chi connectivity index (χ0) is 10.4. The Kier molecular flexibility index (Phi) is 1.86. The number of benzene rings is 1. The number of aryl methyl sites for hydroxylation is 2. The van der Waals surface area contributed by atoms with Gasteiger partial charge in [0.2, 0.25) is 0 Å². The molecule has 1 nitrogen and oxygen atoms in total. The van der Waals surface area contributed by atoms with Gasteiger partial charge in [0.05, 0.1) is 5.52 Å². The summed E-state index contributed by atoms with van der Waals surface area (Å²) in [5, 5.41) is 3.66. The SMILES string of the molecule is CCc1csc2c(C)c3ccccc3n12. The Morgan fingerprint density at radius 2 is 2.07 bits per heavy atom. The van der Waals surface area contributed by atoms with Gasteiger partial charge < -0.3 is 4.40 Å². The smallest absolute Gasteiger partial charge is 0.103 e. The molecular formula is C13H13NS. The Morgan fingerprint density at radius 3 is 2.87 bits per heavy atom. The summed E-state index contributed by atoms with van der Waals surface area (Å²) in [5.41, 5.74) is 4.18. The summed E-state index contributed by atoms with van der Waals surface area (Å²) in [4.78, 5) is 1.40. The van der Waals surface area contributed by atoms with Gasteiger partial charge in [-0.15, -0.1) is 11.3 Å². The minimum Gasteiger partial charge on any atom is -0.304 e. The molecule has 2 heterocycles. The first-order valence-corrected chi connectivity index (χ1v) is 6.17. The lowest BCUT2D eigenvalue weighted by atomic mass is 10.2. The Balaban J connectivity index is 2.60. The van der Waals surface area contributed by atoms with Crippen LogP contribution < -0.4 is 0 Å². The molecule has 76 valence electrons. The number of aromatic nitrogens is 1. The Labute approximate surface area is 93.0 Å². The highest BCUT2D eigenvalue weighted by molar-refractivity contribution is 7.16. The molecule has 2 aromatic heterocycles. The van der Waals surface area contributed by atoms with Crippen molar-refractivity contribution >= 4 is 27.1 Å². The zero-order valence-corrected chi connectivity index (χ0v) is 9.77. The van der Waals surface area contributed by atoms with Crippen LogP contribution in [0.4, 0.5) is 0 Å². The Bertz CT molecular complexity index is 630. The summed E-state index contributed by atoms with van der Waals surface area (Å²) >= 11 is 1.85.